The van der Waals surface area contributed by atoms with Crippen LogP contribution in [0, 0.1) is 0 Å². The molecule has 0 unspecified atom stereocenters. The number of benzene rings is 1. The number of likely N-dealkylation sites (N-methyl/N-ethyl adjacent to an activating group) is 2. The zero-order valence-electron chi connectivity index (χ0n) is 15.3. The summed E-state index contributed by atoms with van der Waals surface area (Å²) in [7, 11) is 3.68. The third kappa shape index (κ3) is 4.33. The molecule has 0 radical (unpaired) electrons. The standard InChI is InChI=1S/C18H19F3N4O2S/c1-24-8-7-11(9-24)25(2)16(27)14-10-28-17(22-14)23-15(26)12-5-3-4-6-13(12)18(19,20)21/h3-6,10-11H,7-9H2,1-2H3,(H,22,23,26)/t11-/m0/s1. The minimum atomic E-state index is -4.64. The summed E-state index contributed by atoms with van der Waals surface area (Å²) in [5, 5.41) is 3.91. The van der Waals surface area contributed by atoms with E-state index in [9.17, 15) is 22.8 Å². The van der Waals surface area contributed by atoms with Crippen LogP contribution in [0.15, 0.2) is 29.6 Å². The first-order valence-electron chi connectivity index (χ1n) is 8.55. The molecule has 28 heavy (non-hydrogen) atoms. The number of rotatable bonds is 4. The Morgan fingerprint density at radius 1 is 1.32 bits per heavy atom. The summed E-state index contributed by atoms with van der Waals surface area (Å²) in [6, 6.07) is 4.60. The zero-order valence-corrected chi connectivity index (χ0v) is 16.1. The van der Waals surface area contributed by atoms with Crippen LogP contribution in [0.2, 0.25) is 0 Å². The van der Waals surface area contributed by atoms with Gasteiger partial charge in [0.2, 0.25) is 0 Å². The Morgan fingerprint density at radius 2 is 2.04 bits per heavy atom. The largest absolute Gasteiger partial charge is 0.417 e. The number of thiazole rings is 1. The van der Waals surface area contributed by atoms with Gasteiger partial charge in [-0.05, 0) is 32.1 Å². The van der Waals surface area contributed by atoms with Gasteiger partial charge in [-0.25, -0.2) is 4.98 Å². The first-order valence-corrected chi connectivity index (χ1v) is 9.43. The molecule has 0 aliphatic carbocycles. The van der Waals surface area contributed by atoms with E-state index in [0.29, 0.717) is 0 Å². The molecule has 1 aliphatic heterocycles. The first-order chi connectivity index (χ1) is 13.2. The van der Waals surface area contributed by atoms with E-state index in [0.717, 1.165) is 43.0 Å². The van der Waals surface area contributed by atoms with Crippen LogP contribution >= 0.6 is 11.3 Å². The summed E-state index contributed by atoms with van der Waals surface area (Å²) in [5.74, 6) is -1.21. The summed E-state index contributed by atoms with van der Waals surface area (Å²) in [4.78, 5) is 32.7. The summed E-state index contributed by atoms with van der Waals surface area (Å²) in [6.45, 7) is 1.67. The van der Waals surface area contributed by atoms with Crippen molar-refractivity contribution in [3.63, 3.8) is 0 Å². The maximum atomic E-state index is 13.1. The predicted octanol–water partition coefficient (Wildman–Crippen LogP) is 3.19. The van der Waals surface area contributed by atoms with E-state index in [1.54, 1.807) is 11.9 Å². The van der Waals surface area contributed by atoms with Gasteiger partial charge in [0.1, 0.15) is 5.69 Å². The number of likely N-dealkylation sites (tertiary alicyclic amines) is 1. The lowest BCUT2D eigenvalue weighted by Gasteiger charge is -2.23. The number of carbonyl (C=O) groups is 2. The zero-order chi connectivity index (χ0) is 20.5. The molecular weight excluding hydrogens is 393 g/mol. The molecule has 10 heteroatoms. The Labute approximate surface area is 164 Å². The van der Waals surface area contributed by atoms with Gasteiger partial charge in [0.05, 0.1) is 11.1 Å². The highest BCUT2D eigenvalue weighted by Gasteiger charge is 2.35. The van der Waals surface area contributed by atoms with Gasteiger partial charge in [-0.3, -0.25) is 14.9 Å². The molecule has 2 amide bonds. The van der Waals surface area contributed by atoms with Crippen LogP contribution in [0.1, 0.15) is 32.8 Å². The Morgan fingerprint density at radius 3 is 2.68 bits per heavy atom. The van der Waals surface area contributed by atoms with Crippen molar-refractivity contribution in [3.05, 3.63) is 46.5 Å². The van der Waals surface area contributed by atoms with E-state index in [2.05, 4.69) is 15.2 Å². The van der Waals surface area contributed by atoms with Gasteiger partial charge in [0.25, 0.3) is 11.8 Å². The highest BCUT2D eigenvalue weighted by atomic mass is 32.1. The second-order valence-corrected chi connectivity index (χ2v) is 7.51. The van der Waals surface area contributed by atoms with Crippen molar-refractivity contribution in [1.29, 1.82) is 0 Å². The molecule has 2 heterocycles. The van der Waals surface area contributed by atoms with Crippen molar-refractivity contribution in [3.8, 4) is 0 Å². The van der Waals surface area contributed by atoms with Crippen molar-refractivity contribution < 1.29 is 22.8 Å². The van der Waals surface area contributed by atoms with Gasteiger partial charge in [0.15, 0.2) is 5.13 Å². The average Bonchev–Trinajstić information content (AvgIpc) is 3.29. The lowest BCUT2D eigenvalue weighted by Crippen LogP contribution is -2.38. The van der Waals surface area contributed by atoms with Crippen molar-refractivity contribution in [2.75, 3.05) is 32.5 Å². The Bertz CT molecular complexity index is 884. The van der Waals surface area contributed by atoms with Crippen molar-refractivity contribution in [2.45, 2.75) is 18.6 Å². The SMILES string of the molecule is CN1CC[C@H](N(C)C(=O)c2csc(NC(=O)c3ccccc3C(F)(F)F)n2)C1. The monoisotopic (exact) mass is 412 g/mol. The maximum Gasteiger partial charge on any atom is 0.417 e. The average molecular weight is 412 g/mol. The third-order valence-corrected chi connectivity index (χ3v) is 5.41. The fourth-order valence-electron chi connectivity index (χ4n) is 3.10. The number of hydrogen-bond donors (Lipinski definition) is 1. The molecule has 1 N–H and O–H groups in total. The highest BCUT2D eigenvalue weighted by molar-refractivity contribution is 7.14. The van der Waals surface area contributed by atoms with Crippen molar-refractivity contribution >= 4 is 28.3 Å². The summed E-state index contributed by atoms with van der Waals surface area (Å²) < 4.78 is 39.2. The fourth-order valence-corrected chi connectivity index (χ4v) is 3.78. The highest BCUT2D eigenvalue weighted by Crippen LogP contribution is 2.32. The molecule has 1 atom stereocenters. The summed E-state index contributed by atoms with van der Waals surface area (Å²) in [5.41, 5.74) is -1.36. The Hall–Kier alpha value is -2.46. The summed E-state index contributed by atoms with van der Waals surface area (Å²) in [6.07, 6.45) is -3.78. The van der Waals surface area contributed by atoms with E-state index < -0.39 is 23.2 Å². The molecule has 1 aromatic carbocycles. The lowest BCUT2D eigenvalue weighted by molar-refractivity contribution is -0.137. The molecule has 6 nitrogen and oxygen atoms in total. The van der Waals surface area contributed by atoms with Crippen LogP contribution < -0.4 is 5.32 Å². The smallest absolute Gasteiger partial charge is 0.336 e. The number of aromatic nitrogens is 1. The molecule has 1 fully saturated rings. The van der Waals surface area contributed by atoms with Crippen LogP contribution in [0.3, 0.4) is 0 Å². The Balaban J connectivity index is 1.71. The van der Waals surface area contributed by atoms with Crippen molar-refractivity contribution in [2.24, 2.45) is 0 Å². The van der Waals surface area contributed by atoms with Gasteiger partial charge in [-0.15, -0.1) is 11.3 Å². The molecule has 1 saturated heterocycles. The minimum absolute atomic E-state index is 0.0715. The fraction of sp³-hybridized carbons (Fsp3) is 0.389. The van der Waals surface area contributed by atoms with Gasteiger partial charge in [-0.1, -0.05) is 12.1 Å². The van der Waals surface area contributed by atoms with Gasteiger partial charge >= 0.3 is 6.18 Å². The Kier molecular flexibility index (Phi) is 5.71. The van der Waals surface area contributed by atoms with Gasteiger partial charge in [0, 0.05) is 25.0 Å². The molecular formula is C18H19F3N4O2S. The number of nitrogens with zero attached hydrogens (tertiary/aromatic N) is 3. The van der Waals surface area contributed by atoms with Crippen LogP contribution in [0.5, 0.6) is 0 Å². The van der Waals surface area contributed by atoms with Crippen molar-refractivity contribution in [1.82, 2.24) is 14.8 Å². The normalized spacial score (nSPS) is 17.5. The lowest BCUT2D eigenvalue weighted by atomic mass is 10.1. The molecule has 0 saturated carbocycles. The molecule has 150 valence electrons. The first kappa shape index (κ1) is 20.3. The second-order valence-electron chi connectivity index (χ2n) is 6.66. The molecule has 2 aromatic rings. The van der Waals surface area contributed by atoms with Gasteiger partial charge < -0.3 is 9.80 Å². The maximum absolute atomic E-state index is 13.1. The van der Waals surface area contributed by atoms with Crippen LogP contribution in [-0.4, -0.2) is 59.8 Å². The number of halogens is 3. The van der Waals surface area contributed by atoms with E-state index in [1.807, 2.05) is 7.05 Å². The van der Waals surface area contributed by atoms with Crippen LogP contribution in [0.25, 0.3) is 0 Å². The van der Waals surface area contributed by atoms with E-state index in [-0.39, 0.29) is 22.8 Å². The topological polar surface area (TPSA) is 65.5 Å². The van der Waals surface area contributed by atoms with E-state index >= 15 is 0 Å². The van der Waals surface area contributed by atoms with Gasteiger partial charge in [-0.2, -0.15) is 13.2 Å². The number of anilines is 1. The number of nitrogens with one attached hydrogen (secondary N) is 1. The van der Waals surface area contributed by atoms with E-state index in [4.69, 9.17) is 0 Å². The molecule has 0 spiro atoms. The summed E-state index contributed by atoms with van der Waals surface area (Å²) >= 11 is 0.992. The molecule has 0 bridgehead atoms. The number of amides is 2. The minimum Gasteiger partial charge on any atom is -0.336 e. The third-order valence-electron chi connectivity index (χ3n) is 4.66. The quantitative estimate of drug-likeness (QED) is 0.838. The molecule has 3 rings (SSSR count). The van der Waals surface area contributed by atoms with E-state index in [1.165, 1.54) is 17.5 Å². The van der Waals surface area contributed by atoms with Crippen LogP contribution in [-0.2, 0) is 6.18 Å². The number of alkyl halides is 3. The number of hydrogen-bond acceptors (Lipinski definition) is 5. The number of carbonyl (C=O) groups excluding carboxylic acids is 2. The molecule has 1 aromatic heterocycles. The predicted molar refractivity (Wildman–Crippen MR) is 99.5 cm³/mol. The second kappa shape index (κ2) is 7.88. The molecule has 1 aliphatic rings. The van der Waals surface area contributed by atoms with Crippen LogP contribution in [0.4, 0.5) is 18.3 Å².